The summed E-state index contributed by atoms with van der Waals surface area (Å²) in [5.41, 5.74) is 6.24. The minimum atomic E-state index is -0.545. The van der Waals surface area contributed by atoms with Crippen molar-refractivity contribution in [3.8, 4) is 11.5 Å². The van der Waals surface area contributed by atoms with E-state index in [1.165, 1.54) is 14.2 Å². The zero-order valence-electron chi connectivity index (χ0n) is 11.3. The summed E-state index contributed by atoms with van der Waals surface area (Å²) < 4.78 is 10.3. The molecule has 1 aromatic rings. The normalized spacial score (nSPS) is 11.8. The molecule has 0 saturated carbocycles. The molecule has 3 N–H and O–H groups in total. The monoisotopic (exact) mass is 286 g/mol. The zero-order chi connectivity index (χ0) is 14.4. The number of halogens is 1. The Balaban J connectivity index is 2.96. The van der Waals surface area contributed by atoms with E-state index in [2.05, 4.69) is 5.32 Å². The molecule has 0 unspecified atom stereocenters. The molecule has 1 amide bonds. The Morgan fingerprint density at radius 1 is 1.37 bits per heavy atom. The van der Waals surface area contributed by atoms with Crippen molar-refractivity contribution >= 4 is 23.2 Å². The van der Waals surface area contributed by atoms with Gasteiger partial charge in [0.25, 0.3) is 0 Å². The van der Waals surface area contributed by atoms with Gasteiger partial charge in [-0.15, -0.1) is 0 Å². The van der Waals surface area contributed by atoms with Crippen LogP contribution < -0.4 is 20.5 Å². The van der Waals surface area contributed by atoms with Gasteiger partial charge in [-0.2, -0.15) is 0 Å². The molecule has 1 aromatic carbocycles. The topological polar surface area (TPSA) is 73.6 Å². The first kappa shape index (κ1) is 15.6. The van der Waals surface area contributed by atoms with Gasteiger partial charge in [-0.3, -0.25) is 4.79 Å². The van der Waals surface area contributed by atoms with E-state index in [-0.39, 0.29) is 5.91 Å². The Labute approximate surface area is 118 Å². The van der Waals surface area contributed by atoms with Crippen LogP contribution in [0.25, 0.3) is 0 Å². The van der Waals surface area contributed by atoms with Gasteiger partial charge in [-0.05, 0) is 6.42 Å². The molecule has 0 aromatic heterocycles. The molecule has 6 heteroatoms. The summed E-state index contributed by atoms with van der Waals surface area (Å²) in [6.07, 6.45) is 1.47. The first-order valence-electron chi connectivity index (χ1n) is 6.01. The van der Waals surface area contributed by atoms with E-state index in [9.17, 15) is 4.79 Å². The van der Waals surface area contributed by atoms with E-state index in [0.717, 1.165) is 6.42 Å². The molecule has 0 spiro atoms. The number of benzene rings is 1. The first-order chi connectivity index (χ1) is 9.03. The maximum atomic E-state index is 11.9. The molecule has 5 nitrogen and oxygen atoms in total. The second kappa shape index (κ2) is 7.21. The van der Waals surface area contributed by atoms with Crippen LogP contribution >= 0.6 is 11.6 Å². The van der Waals surface area contributed by atoms with Crippen molar-refractivity contribution in [2.45, 2.75) is 25.8 Å². The summed E-state index contributed by atoms with van der Waals surface area (Å²) in [5.74, 6) is 0.661. The molecule has 1 rings (SSSR count). The average molecular weight is 287 g/mol. The molecule has 0 radical (unpaired) electrons. The summed E-state index contributed by atoms with van der Waals surface area (Å²) in [6.45, 7) is 1.97. The maximum absolute atomic E-state index is 11.9. The second-order valence-electron chi connectivity index (χ2n) is 4.07. The van der Waals surface area contributed by atoms with Crippen molar-refractivity contribution < 1.29 is 14.3 Å². The van der Waals surface area contributed by atoms with Crippen LogP contribution in [-0.4, -0.2) is 26.2 Å². The number of nitrogens with two attached hydrogens (primary N) is 1. The molecule has 0 aliphatic heterocycles. The molecule has 0 heterocycles. The Kier molecular flexibility index (Phi) is 5.92. The lowest BCUT2D eigenvalue weighted by Crippen LogP contribution is -2.35. The quantitative estimate of drug-likeness (QED) is 0.842. The standard InChI is InChI=1S/C13H19ClN2O3/c1-4-5-9(15)13(17)16-10-7-11(18-2)8(14)6-12(10)19-3/h6-7,9H,4-5,15H2,1-3H3,(H,16,17)/t9-/m1/s1. The number of hydrogen-bond acceptors (Lipinski definition) is 4. The van der Waals surface area contributed by atoms with Crippen LogP contribution in [0.4, 0.5) is 5.69 Å². The summed E-state index contributed by atoms with van der Waals surface area (Å²) in [6, 6.07) is 2.65. The largest absolute Gasteiger partial charge is 0.495 e. The van der Waals surface area contributed by atoms with Crippen molar-refractivity contribution in [2.24, 2.45) is 5.73 Å². The van der Waals surface area contributed by atoms with E-state index in [1.807, 2.05) is 6.92 Å². The fourth-order valence-electron chi connectivity index (χ4n) is 1.63. The van der Waals surface area contributed by atoms with Gasteiger partial charge in [0.05, 0.1) is 31.0 Å². The lowest BCUT2D eigenvalue weighted by atomic mass is 10.1. The van der Waals surface area contributed by atoms with E-state index in [1.54, 1.807) is 12.1 Å². The second-order valence-corrected chi connectivity index (χ2v) is 4.48. The van der Waals surface area contributed by atoms with E-state index >= 15 is 0 Å². The van der Waals surface area contributed by atoms with Crippen LogP contribution in [0.1, 0.15) is 19.8 Å². The van der Waals surface area contributed by atoms with Gasteiger partial charge in [0.15, 0.2) is 0 Å². The smallest absolute Gasteiger partial charge is 0.241 e. The van der Waals surface area contributed by atoms with Crippen LogP contribution in [0.2, 0.25) is 5.02 Å². The van der Waals surface area contributed by atoms with Gasteiger partial charge in [0.1, 0.15) is 11.5 Å². The molecule has 0 aliphatic carbocycles. The number of nitrogens with one attached hydrogen (secondary N) is 1. The van der Waals surface area contributed by atoms with Crippen molar-refractivity contribution in [1.82, 2.24) is 0 Å². The number of ether oxygens (including phenoxy) is 2. The third-order valence-corrected chi connectivity index (χ3v) is 2.96. The summed E-state index contributed by atoms with van der Waals surface area (Å²) >= 11 is 5.99. The highest BCUT2D eigenvalue weighted by Gasteiger charge is 2.16. The Morgan fingerprint density at radius 2 is 2.00 bits per heavy atom. The van der Waals surface area contributed by atoms with Crippen molar-refractivity contribution in [3.63, 3.8) is 0 Å². The first-order valence-corrected chi connectivity index (χ1v) is 6.39. The lowest BCUT2D eigenvalue weighted by Gasteiger charge is -2.15. The zero-order valence-corrected chi connectivity index (χ0v) is 12.1. The van der Waals surface area contributed by atoms with Crippen LogP contribution in [-0.2, 0) is 4.79 Å². The highest BCUT2D eigenvalue weighted by Crippen LogP contribution is 2.35. The lowest BCUT2D eigenvalue weighted by molar-refractivity contribution is -0.117. The summed E-state index contributed by atoms with van der Waals surface area (Å²) in [4.78, 5) is 11.9. The van der Waals surface area contributed by atoms with Gasteiger partial charge in [-0.25, -0.2) is 0 Å². The molecule has 1 atom stereocenters. The fourth-order valence-corrected chi connectivity index (χ4v) is 1.86. The summed E-state index contributed by atoms with van der Waals surface area (Å²) in [7, 11) is 3.00. The predicted octanol–water partition coefficient (Wildman–Crippen LogP) is 2.42. The van der Waals surface area contributed by atoms with Crippen molar-refractivity contribution in [3.05, 3.63) is 17.2 Å². The molecular formula is C13H19ClN2O3. The number of amides is 1. The maximum Gasteiger partial charge on any atom is 0.241 e. The third-order valence-electron chi connectivity index (χ3n) is 2.67. The number of anilines is 1. The van der Waals surface area contributed by atoms with Gasteiger partial charge in [-0.1, -0.05) is 24.9 Å². The minimum Gasteiger partial charge on any atom is -0.495 e. The van der Waals surface area contributed by atoms with Crippen LogP contribution in [0, 0.1) is 0 Å². The highest BCUT2D eigenvalue weighted by atomic mass is 35.5. The Bertz CT molecular complexity index is 452. The molecule has 0 aliphatic rings. The van der Waals surface area contributed by atoms with E-state index < -0.39 is 6.04 Å². The summed E-state index contributed by atoms with van der Waals surface area (Å²) in [5, 5.41) is 3.13. The molecule has 0 fully saturated rings. The van der Waals surface area contributed by atoms with Crippen LogP contribution in [0.15, 0.2) is 12.1 Å². The highest BCUT2D eigenvalue weighted by molar-refractivity contribution is 6.32. The van der Waals surface area contributed by atoms with E-state index in [0.29, 0.717) is 28.6 Å². The SMILES string of the molecule is CCC[C@@H](N)C(=O)Nc1cc(OC)c(Cl)cc1OC. The number of rotatable bonds is 6. The van der Waals surface area contributed by atoms with Crippen LogP contribution in [0.5, 0.6) is 11.5 Å². The number of carbonyl (C=O) groups is 1. The fraction of sp³-hybridized carbons (Fsp3) is 0.462. The number of methoxy groups -OCH3 is 2. The Morgan fingerprint density at radius 3 is 2.53 bits per heavy atom. The van der Waals surface area contributed by atoms with Gasteiger partial charge >= 0.3 is 0 Å². The Hall–Kier alpha value is -1.46. The van der Waals surface area contributed by atoms with Gasteiger partial charge in [0, 0.05) is 12.1 Å². The molecule has 106 valence electrons. The minimum absolute atomic E-state index is 0.260. The molecule has 0 saturated heterocycles. The van der Waals surface area contributed by atoms with Gasteiger partial charge < -0.3 is 20.5 Å². The van der Waals surface area contributed by atoms with E-state index in [4.69, 9.17) is 26.8 Å². The van der Waals surface area contributed by atoms with Crippen LogP contribution in [0.3, 0.4) is 0 Å². The third kappa shape index (κ3) is 4.01. The number of hydrogen-bond donors (Lipinski definition) is 2. The van der Waals surface area contributed by atoms with Gasteiger partial charge in [0.2, 0.25) is 5.91 Å². The molecular weight excluding hydrogens is 268 g/mol. The molecule has 0 bridgehead atoms. The molecule has 19 heavy (non-hydrogen) atoms. The van der Waals surface area contributed by atoms with Crippen molar-refractivity contribution in [1.29, 1.82) is 0 Å². The number of carbonyl (C=O) groups excluding carboxylic acids is 1. The van der Waals surface area contributed by atoms with Crippen molar-refractivity contribution in [2.75, 3.05) is 19.5 Å². The average Bonchev–Trinajstić information content (AvgIpc) is 2.40. The predicted molar refractivity (Wildman–Crippen MR) is 76.1 cm³/mol.